The number of benzene rings is 1. The number of aryl methyl sites for hydroxylation is 2. The first-order valence-corrected chi connectivity index (χ1v) is 9.65. The maximum absolute atomic E-state index is 12.5. The minimum absolute atomic E-state index is 0.0546. The van der Waals surface area contributed by atoms with Crippen molar-refractivity contribution in [2.75, 3.05) is 24.7 Å². The minimum atomic E-state index is -0.179. The highest BCUT2D eigenvalue weighted by molar-refractivity contribution is 6.38. The van der Waals surface area contributed by atoms with Crippen LogP contribution in [-0.2, 0) is 16.0 Å². The number of hydrogen-bond acceptors (Lipinski definition) is 6. The number of hydrogen-bond donors (Lipinski definition) is 1. The second-order valence-corrected chi connectivity index (χ2v) is 7.40. The van der Waals surface area contributed by atoms with Gasteiger partial charge in [0.2, 0.25) is 0 Å². The quantitative estimate of drug-likeness (QED) is 0.827. The molecule has 1 unspecified atom stereocenters. The van der Waals surface area contributed by atoms with Crippen LogP contribution in [0.3, 0.4) is 0 Å². The molecule has 7 heteroatoms. The Morgan fingerprint density at radius 3 is 2.96 bits per heavy atom. The van der Waals surface area contributed by atoms with Gasteiger partial charge in [0.1, 0.15) is 17.7 Å². The van der Waals surface area contributed by atoms with Crippen molar-refractivity contribution in [3.05, 3.63) is 41.3 Å². The Labute approximate surface area is 164 Å². The molecule has 28 heavy (non-hydrogen) atoms. The number of ether oxygens (including phenoxy) is 1. The SMILES string of the molecule is C/C(=N\c1c(C)ncnc1N1CCc2cc(C)ccc21)C(=O)NC1CCOC1. The van der Waals surface area contributed by atoms with E-state index >= 15 is 0 Å². The van der Waals surface area contributed by atoms with Crippen LogP contribution in [-0.4, -0.2) is 47.4 Å². The third-order valence-electron chi connectivity index (χ3n) is 5.25. The van der Waals surface area contributed by atoms with E-state index in [1.54, 1.807) is 13.3 Å². The van der Waals surface area contributed by atoms with E-state index in [4.69, 9.17) is 4.74 Å². The summed E-state index contributed by atoms with van der Waals surface area (Å²) < 4.78 is 5.32. The summed E-state index contributed by atoms with van der Waals surface area (Å²) in [6.45, 7) is 7.80. The van der Waals surface area contributed by atoms with Crippen LogP contribution >= 0.6 is 0 Å². The van der Waals surface area contributed by atoms with Gasteiger partial charge in [-0.3, -0.25) is 4.79 Å². The van der Waals surface area contributed by atoms with E-state index in [-0.39, 0.29) is 11.9 Å². The average molecular weight is 379 g/mol. The molecule has 4 rings (SSSR count). The topological polar surface area (TPSA) is 79.7 Å². The number of carbonyl (C=O) groups is 1. The Bertz CT molecular complexity index is 934. The summed E-state index contributed by atoms with van der Waals surface area (Å²) in [6.07, 6.45) is 3.35. The molecule has 2 aliphatic rings. The second kappa shape index (κ2) is 7.67. The van der Waals surface area contributed by atoms with Gasteiger partial charge in [-0.2, -0.15) is 0 Å². The van der Waals surface area contributed by atoms with Crippen LogP contribution in [0.15, 0.2) is 29.5 Å². The van der Waals surface area contributed by atoms with Crippen molar-refractivity contribution in [1.82, 2.24) is 15.3 Å². The standard InChI is InChI=1S/C21H25N5O2/c1-13-4-5-18-16(10-13)6-8-26(18)20-19(14(2)22-12-23-20)24-15(3)21(27)25-17-7-9-28-11-17/h4-5,10,12,17H,6-9,11H2,1-3H3,(H,25,27)/b24-15+. The van der Waals surface area contributed by atoms with Crippen LogP contribution in [0, 0.1) is 13.8 Å². The number of aromatic nitrogens is 2. The van der Waals surface area contributed by atoms with E-state index in [1.807, 2.05) is 6.92 Å². The fourth-order valence-corrected chi connectivity index (χ4v) is 3.69. The van der Waals surface area contributed by atoms with Crippen molar-refractivity contribution in [3.63, 3.8) is 0 Å². The van der Waals surface area contributed by atoms with Gasteiger partial charge in [-0.1, -0.05) is 17.7 Å². The number of carbonyl (C=O) groups excluding carboxylic acids is 1. The maximum atomic E-state index is 12.5. The number of amides is 1. The van der Waals surface area contributed by atoms with E-state index in [2.05, 4.69) is 50.3 Å². The van der Waals surface area contributed by atoms with E-state index in [9.17, 15) is 4.79 Å². The molecular weight excluding hydrogens is 354 g/mol. The average Bonchev–Trinajstić information content (AvgIpc) is 3.32. The van der Waals surface area contributed by atoms with Gasteiger partial charge in [-0.15, -0.1) is 0 Å². The molecule has 0 bridgehead atoms. The smallest absolute Gasteiger partial charge is 0.265 e. The van der Waals surface area contributed by atoms with E-state index in [0.29, 0.717) is 24.6 Å². The Hall–Kier alpha value is -2.80. The number of anilines is 2. The lowest BCUT2D eigenvalue weighted by Crippen LogP contribution is -2.38. The van der Waals surface area contributed by atoms with Crippen molar-refractivity contribution in [2.45, 2.75) is 39.7 Å². The van der Waals surface area contributed by atoms with E-state index in [1.165, 1.54) is 11.1 Å². The molecular formula is C21H25N5O2. The van der Waals surface area contributed by atoms with Crippen LogP contribution in [0.2, 0.25) is 0 Å². The molecule has 7 nitrogen and oxygen atoms in total. The van der Waals surface area contributed by atoms with Gasteiger partial charge in [0, 0.05) is 18.8 Å². The number of rotatable bonds is 4. The largest absolute Gasteiger partial charge is 0.379 e. The zero-order chi connectivity index (χ0) is 19.7. The molecule has 1 N–H and O–H groups in total. The molecule has 146 valence electrons. The summed E-state index contributed by atoms with van der Waals surface area (Å²) in [5.74, 6) is 0.564. The van der Waals surface area contributed by atoms with Gasteiger partial charge in [0.15, 0.2) is 5.82 Å². The summed E-state index contributed by atoms with van der Waals surface area (Å²) in [7, 11) is 0. The summed E-state index contributed by atoms with van der Waals surface area (Å²) in [5.41, 5.74) is 5.50. The van der Waals surface area contributed by atoms with Gasteiger partial charge < -0.3 is 15.0 Å². The Balaban J connectivity index is 1.65. The summed E-state index contributed by atoms with van der Waals surface area (Å²) >= 11 is 0. The minimum Gasteiger partial charge on any atom is -0.379 e. The molecule has 1 atom stereocenters. The fraction of sp³-hybridized carbons (Fsp3) is 0.429. The lowest BCUT2D eigenvalue weighted by Gasteiger charge is -2.21. The predicted molar refractivity (Wildman–Crippen MR) is 109 cm³/mol. The zero-order valence-electron chi connectivity index (χ0n) is 16.5. The monoisotopic (exact) mass is 379 g/mol. The van der Waals surface area contributed by atoms with Gasteiger partial charge in [-0.05, 0) is 45.2 Å². The van der Waals surface area contributed by atoms with Crippen molar-refractivity contribution in [1.29, 1.82) is 0 Å². The zero-order valence-corrected chi connectivity index (χ0v) is 16.5. The van der Waals surface area contributed by atoms with Crippen LogP contribution in [0.5, 0.6) is 0 Å². The van der Waals surface area contributed by atoms with Crippen LogP contribution in [0.1, 0.15) is 30.2 Å². The lowest BCUT2D eigenvalue weighted by molar-refractivity contribution is -0.115. The number of aliphatic imine (C=N–C) groups is 1. The molecule has 0 saturated carbocycles. The normalized spacial score (nSPS) is 19.0. The molecule has 0 spiro atoms. The summed E-state index contributed by atoms with van der Waals surface area (Å²) in [6, 6.07) is 6.51. The van der Waals surface area contributed by atoms with Gasteiger partial charge in [0.25, 0.3) is 5.91 Å². The number of nitrogens with zero attached hydrogens (tertiary/aromatic N) is 4. The second-order valence-electron chi connectivity index (χ2n) is 7.40. The first kappa shape index (κ1) is 18.6. The fourth-order valence-electron chi connectivity index (χ4n) is 3.69. The Morgan fingerprint density at radius 2 is 2.18 bits per heavy atom. The number of nitrogens with one attached hydrogen (secondary N) is 1. The first-order valence-electron chi connectivity index (χ1n) is 9.65. The van der Waals surface area contributed by atoms with E-state index in [0.717, 1.165) is 36.6 Å². The third-order valence-corrected chi connectivity index (χ3v) is 5.25. The van der Waals surface area contributed by atoms with Crippen LogP contribution < -0.4 is 10.2 Å². The molecule has 1 fully saturated rings. The molecule has 1 saturated heterocycles. The molecule has 1 aromatic heterocycles. The highest BCUT2D eigenvalue weighted by atomic mass is 16.5. The number of fused-ring (bicyclic) bond motifs is 1. The van der Waals surface area contributed by atoms with Crippen molar-refractivity contribution in [2.24, 2.45) is 4.99 Å². The van der Waals surface area contributed by atoms with Crippen molar-refractivity contribution >= 4 is 28.8 Å². The van der Waals surface area contributed by atoms with E-state index < -0.39 is 0 Å². The van der Waals surface area contributed by atoms with Gasteiger partial charge in [-0.25, -0.2) is 15.0 Å². The Morgan fingerprint density at radius 1 is 1.32 bits per heavy atom. The van der Waals surface area contributed by atoms with Crippen molar-refractivity contribution < 1.29 is 9.53 Å². The molecule has 3 heterocycles. The maximum Gasteiger partial charge on any atom is 0.265 e. The van der Waals surface area contributed by atoms with Crippen LogP contribution in [0.25, 0.3) is 0 Å². The van der Waals surface area contributed by atoms with Crippen LogP contribution in [0.4, 0.5) is 17.2 Å². The van der Waals surface area contributed by atoms with Gasteiger partial charge in [0.05, 0.1) is 18.3 Å². The highest BCUT2D eigenvalue weighted by Gasteiger charge is 2.25. The Kier molecular flexibility index (Phi) is 5.09. The molecule has 2 aromatic rings. The highest BCUT2D eigenvalue weighted by Crippen LogP contribution is 2.39. The predicted octanol–water partition coefficient (Wildman–Crippen LogP) is 2.79. The first-order chi connectivity index (χ1) is 13.5. The molecule has 0 radical (unpaired) electrons. The molecule has 1 amide bonds. The molecule has 1 aromatic carbocycles. The van der Waals surface area contributed by atoms with Gasteiger partial charge >= 0.3 is 0 Å². The third kappa shape index (κ3) is 3.62. The summed E-state index contributed by atoms with van der Waals surface area (Å²) in [5, 5.41) is 2.98. The molecule has 2 aliphatic heterocycles. The summed E-state index contributed by atoms with van der Waals surface area (Å²) in [4.78, 5) is 28.1. The lowest BCUT2D eigenvalue weighted by atomic mass is 10.1. The molecule has 0 aliphatic carbocycles. The van der Waals surface area contributed by atoms with Crippen molar-refractivity contribution in [3.8, 4) is 0 Å².